The molecule has 0 bridgehead atoms. The minimum absolute atomic E-state index is 0.0173. The van der Waals surface area contributed by atoms with Gasteiger partial charge in [-0.1, -0.05) is 30.3 Å². The van der Waals surface area contributed by atoms with Gasteiger partial charge >= 0.3 is 5.97 Å². The number of aromatic nitrogens is 1. The zero-order valence-corrected chi connectivity index (χ0v) is 14.9. The second kappa shape index (κ2) is 6.68. The van der Waals surface area contributed by atoms with Crippen LogP contribution in [0.2, 0.25) is 0 Å². The number of aliphatic carboxylic acids is 1. The van der Waals surface area contributed by atoms with E-state index in [2.05, 4.69) is 17.1 Å². The van der Waals surface area contributed by atoms with Crippen LogP contribution >= 0.6 is 0 Å². The Hall–Kier alpha value is -2.89. The van der Waals surface area contributed by atoms with Gasteiger partial charge in [0, 0.05) is 19.3 Å². The number of hydrogen-bond donors (Lipinski definition) is 2. The van der Waals surface area contributed by atoms with E-state index in [0.717, 1.165) is 12.8 Å². The summed E-state index contributed by atoms with van der Waals surface area (Å²) in [5, 5.41) is 19.9. The summed E-state index contributed by atoms with van der Waals surface area (Å²) in [6.45, 7) is 0.549. The Morgan fingerprint density at radius 1 is 1.15 bits per heavy atom. The Kier molecular flexibility index (Phi) is 4.34. The average Bonchev–Trinajstić information content (AvgIpc) is 3.09. The van der Waals surface area contributed by atoms with Crippen molar-refractivity contribution in [1.82, 2.24) is 9.88 Å². The molecule has 2 fully saturated rings. The Balaban J connectivity index is 1.59. The third kappa shape index (κ3) is 2.95. The summed E-state index contributed by atoms with van der Waals surface area (Å²) in [6, 6.07) is 13.1. The maximum absolute atomic E-state index is 12.8. The van der Waals surface area contributed by atoms with Crippen LogP contribution in [0.3, 0.4) is 0 Å². The van der Waals surface area contributed by atoms with Gasteiger partial charge in [-0.3, -0.25) is 9.59 Å². The molecule has 0 spiro atoms. The number of likely N-dealkylation sites (tertiary alicyclic amines) is 1. The van der Waals surface area contributed by atoms with Gasteiger partial charge in [-0.25, -0.2) is 4.98 Å². The number of carboxylic acids is 1. The zero-order chi connectivity index (χ0) is 19.0. The first kappa shape index (κ1) is 17.5. The van der Waals surface area contributed by atoms with E-state index in [4.69, 9.17) is 0 Å². The highest BCUT2D eigenvalue weighted by atomic mass is 16.4. The van der Waals surface area contributed by atoms with E-state index < -0.39 is 17.3 Å². The molecule has 1 amide bonds. The third-order valence-electron chi connectivity index (χ3n) is 6.18. The molecule has 3 atom stereocenters. The molecule has 6 heteroatoms. The molecule has 1 aliphatic heterocycles. The number of aromatic hydroxyl groups is 1. The van der Waals surface area contributed by atoms with Crippen LogP contribution in [0.5, 0.6) is 5.75 Å². The summed E-state index contributed by atoms with van der Waals surface area (Å²) in [7, 11) is 0. The lowest BCUT2D eigenvalue weighted by Gasteiger charge is -2.38. The van der Waals surface area contributed by atoms with Crippen molar-refractivity contribution in [2.75, 3.05) is 13.1 Å². The maximum Gasteiger partial charge on any atom is 0.311 e. The first-order valence-corrected chi connectivity index (χ1v) is 9.23. The number of carbonyl (C=O) groups is 2. The number of nitrogens with zero attached hydrogens (tertiary/aromatic N) is 2. The summed E-state index contributed by atoms with van der Waals surface area (Å²) in [5.74, 6) is -1.21. The van der Waals surface area contributed by atoms with Crippen molar-refractivity contribution in [3.05, 3.63) is 59.9 Å². The van der Waals surface area contributed by atoms with E-state index >= 15 is 0 Å². The number of fused-ring (bicyclic) bond motifs is 1. The second-order valence-corrected chi connectivity index (χ2v) is 7.60. The zero-order valence-electron chi connectivity index (χ0n) is 14.9. The predicted octanol–water partition coefficient (Wildman–Crippen LogP) is 2.90. The maximum atomic E-state index is 12.8. The minimum Gasteiger partial charge on any atom is -0.505 e. The van der Waals surface area contributed by atoms with Crippen LogP contribution in [-0.4, -0.2) is 45.1 Å². The van der Waals surface area contributed by atoms with Gasteiger partial charge in [0.2, 0.25) is 0 Å². The van der Waals surface area contributed by atoms with Crippen molar-refractivity contribution in [3.63, 3.8) is 0 Å². The number of carbonyl (C=O) groups excluding carboxylic acids is 1. The number of hydrogen-bond acceptors (Lipinski definition) is 4. The molecule has 1 saturated heterocycles. The molecule has 2 heterocycles. The van der Waals surface area contributed by atoms with E-state index in [-0.39, 0.29) is 23.9 Å². The lowest BCUT2D eigenvalue weighted by Crippen LogP contribution is -2.43. The molecule has 6 nitrogen and oxygen atoms in total. The molecule has 0 unspecified atom stereocenters. The normalized spacial score (nSPS) is 27.2. The van der Waals surface area contributed by atoms with Gasteiger partial charge in [0.25, 0.3) is 5.91 Å². The van der Waals surface area contributed by atoms with Crippen molar-refractivity contribution in [3.8, 4) is 5.75 Å². The highest BCUT2D eigenvalue weighted by molar-refractivity contribution is 5.95. The smallest absolute Gasteiger partial charge is 0.311 e. The molecule has 4 rings (SSSR count). The molecular weight excluding hydrogens is 344 g/mol. The summed E-state index contributed by atoms with van der Waals surface area (Å²) >= 11 is 0. The SMILES string of the molecule is O=C(c1ncccc1O)N1C[C@@H]2C[C@@H](c3ccccc3)CC[C@]2(C(=O)O)C1. The van der Waals surface area contributed by atoms with Crippen LogP contribution in [0.25, 0.3) is 0 Å². The van der Waals surface area contributed by atoms with Gasteiger partial charge < -0.3 is 15.1 Å². The van der Waals surface area contributed by atoms with Gasteiger partial charge in [-0.15, -0.1) is 0 Å². The van der Waals surface area contributed by atoms with Crippen LogP contribution in [0.15, 0.2) is 48.7 Å². The number of rotatable bonds is 3. The Bertz CT molecular complexity index is 869. The van der Waals surface area contributed by atoms with Crippen LogP contribution in [0.4, 0.5) is 0 Å². The predicted molar refractivity (Wildman–Crippen MR) is 98.4 cm³/mol. The Morgan fingerprint density at radius 2 is 1.93 bits per heavy atom. The molecular formula is C21H22N2O4. The lowest BCUT2D eigenvalue weighted by molar-refractivity contribution is -0.152. The first-order valence-electron chi connectivity index (χ1n) is 9.23. The molecule has 140 valence electrons. The number of benzene rings is 1. The molecule has 1 aliphatic carbocycles. The van der Waals surface area contributed by atoms with E-state index in [0.29, 0.717) is 18.9 Å². The highest BCUT2D eigenvalue weighted by Gasteiger charge is 2.56. The molecule has 1 aromatic carbocycles. The van der Waals surface area contributed by atoms with E-state index in [9.17, 15) is 19.8 Å². The largest absolute Gasteiger partial charge is 0.505 e. The van der Waals surface area contributed by atoms with E-state index in [1.54, 1.807) is 11.0 Å². The fraction of sp³-hybridized carbons (Fsp3) is 0.381. The van der Waals surface area contributed by atoms with Gasteiger partial charge in [-0.05, 0) is 48.8 Å². The second-order valence-electron chi connectivity index (χ2n) is 7.60. The molecule has 1 saturated carbocycles. The summed E-state index contributed by atoms with van der Waals surface area (Å²) < 4.78 is 0. The molecule has 27 heavy (non-hydrogen) atoms. The van der Waals surface area contributed by atoms with E-state index in [1.807, 2.05) is 18.2 Å². The average molecular weight is 366 g/mol. The van der Waals surface area contributed by atoms with Crippen molar-refractivity contribution in [2.45, 2.75) is 25.2 Å². The monoisotopic (exact) mass is 366 g/mol. The molecule has 0 radical (unpaired) electrons. The quantitative estimate of drug-likeness (QED) is 0.872. The minimum atomic E-state index is -0.911. The van der Waals surface area contributed by atoms with Crippen molar-refractivity contribution in [2.24, 2.45) is 11.3 Å². The lowest BCUT2D eigenvalue weighted by atomic mass is 9.64. The van der Waals surface area contributed by atoms with Gasteiger partial charge in [0.15, 0.2) is 5.69 Å². The van der Waals surface area contributed by atoms with Crippen molar-refractivity contribution >= 4 is 11.9 Å². The molecule has 2 aliphatic rings. The van der Waals surface area contributed by atoms with Gasteiger partial charge in [0.1, 0.15) is 5.75 Å². The van der Waals surface area contributed by atoms with Crippen LogP contribution in [0.1, 0.15) is 41.2 Å². The summed E-state index contributed by atoms with van der Waals surface area (Å²) in [4.78, 5) is 30.5. The fourth-order valence-corrected chi connectivity index (χ4v) is 4.69. The van der Waals surface area contributed by atoms with Gasteiger partial charge in [0.05, 0.1) is 5.41 Å². The van der Waals surface area contributed by atoms with Crippen LogP contribution in [0, 0.1) is 11.3 Å². The summed E-state index contributed by atoms with van der Waals surface area (Å²) in [6.07, 6.45) is 3.54. The standard InChI is InChI=1S/C21H22N2O4/c24-17-7-4-10-22-18(17)19(25)23-12-16-11-15(14-5-2-1-3-6-14)8-9-21(16,13-23)20(26)27/h1-7,10,15-16,24H,8-9,11-13H2,(H,26,27)/t15-,16-,21-/m0/s1. The fourth-order valence-electron chi connectivity index (χ4n) is 4.69. The topological polar surface area (TPSA) is 90.7 Å². The van der Waals surface area contributed by atoms with Crippen LogP contribution in [-0.2, 0) is 4.79 Å². The van der Waals surface area contributed by atoms with E-state index in [1.165, 1.54) is 17.8 Å². The highest BCUT2D eigenvalue weighted by Crippen LogP contribution is 2.51. The van der Waals surface area contributed by atoms with Crippen LogP contribution < -0.4 is 0 Å². The number of pyridine rings is 1. The molecule has 2 N–H and O–H groups in total. The molecule has 2 aromatic rings. The number of amides is 1. The number of carboxylic acid groups (broad SMARTS) is 1. The molecule has 1 aromatic heterocycles. The summed E-state index contributed by atoms with van der Waals surface area (Å²) in [5.41, 5.74) is 0.297. The van der Waals surface area contributed by atoms with Crippen molar-refractivity contribution in [1.29, 1.82) is 0 Å². The first-order chi connectivity index (χ1) is 13.0. The van der Waals surface area contributed by atoms with Crippen molar-refractivity contribution < 1.29 is 19.8 Å². The third-order valence-corrected chi connectivity index (χ3v) is 6.18. The van der Waals surface area contributed by atoms with Gasteiger partial charge in [-0.2, -0.15) is 0 Å². The Morgan fingerprint density at radius 3 is 2.63 bits per heavy atom. The Labute approximate surface area is 157 Å².